The van der Waals surface area contributed by atoms with Crippen molar-refractivity contribution < 1.29 is 19.6 Å². The number of nitrogens with two attached hydrogens (primary N) is 1. The molecule has 0 aliphatic rings. The van der Waals surface area contributed by atoms with Gasteiger partial charge in [0.1, 0.15) is 8.42 Å². The Balaban J connectivity index is 0.000000169. The summed E-state index contributed by atoms with van der Waals surface area (Å²) < 4.78 is 65.6. The molecule has 0 bridgehead atoms. The van der Waals surface area contributed by atoms with Gasteiger partial charge in [-0.05, 0) is 70.1 Å². The van der Waals surface area contributed by atoms with E-state index in [-0.39, 0.29) is 23.1 Å². The van der Waals surface area contributed by atoms with Gasteiger partial charge in [0.05, 0.1) is 16.4 Å². The zero-order valence-corrected chi connectivity index (χ0v) is 23.9. The third kappa shape index (κ3) is 5.56. The molecule has 6 aromatic rings. The summed E-state index contributed by atoms with van der Waals surface area (Å²) in [6, 6.07) is 31.0. The molecule has 0 unspecified atom stereocenters. The first-order valence-electron chi connectivity index (χ1n) is 12.7. The zero-order valence-electron chi connectivity index (χ0n) is 22.7. The minimum absolute atomic E-state index is 0.0899. The van der Waals surface area contributed by atoms with Crippen molar-refractivity contribution in [2.24, 2.45) is 5.73 Å². The van der Waals surface area contributed by atoms with Crippen molar-refractivity contribution in [3.8, 4) is 0 Å². The molecule has 0 saturated carbocycles. The molecule has 0 radical (unpaired) electrons. The van der Waals surface area contributed by atoms with Crippen LogP contribution in [0, 0.1) is 6.57 Å². The molecule has 2 aromatic heterocycles. The van der Waals surface area contributed by atoms with E-state index < -0.39 is 26.2 Å². The van der Waals surface area contributed by atoms with Crippen molar-refractivity contribution >= 4 is 68.9 Å². The van der Waals surface area contributed by atoms with Crippen LogP contribution in [0.15, 0.2) is 127 Å². The molecule has 0 atom stereocenters. The Morgan fingerprint density at radius 2 is 1.12 bits per heavy atom. The van der Waals surface area contributed by atoms with Gasteiger partial charge in [0.15, 0.2) is 0 Å². The zero-order chi connectivity index (χ0) is 30.1. The molecule has 2 heterocycles. The van der Waals surface area contributed by atoms with Crippen molar-refractivity contribution in [3.63, 3.8) is 0 Å². The number of hydrogen-bond acceptors (Lipinski definition) is 7. The van der Waals surface area contributed by atoms with Crippen LogP contribution in [-0.4, -0.2) is 16.8 Å². The minimum Gasteiger partial charge on any atom is -0.326 e. The van der Waals surface area contributed by atoms with Gasteiger partial charge in [-0.1, -0.05) is 60.7 Å². The lowest BCUT2D eigenvalue weighted by molar-refractivity contribution is 0.596. The molecule has 6 nitrogen and oxygen atoms in total. The largest absolute Gasteiger partial charge is 0.326 e. The monoisotopic (exact) mass is 604 g/mol. The molecule has 2 N–H and O–H groups in total. The Morgan fingerprint density at radius 1 is 0.650 bits per heavy atom. The van der Waals surface area contributed by atoms with E-state index in [2.05, 4.69) is 4.85 Å². The summed E-state index contributed by atoms with van der Waals surface area (Å²) in [5.74, 6) is 0. The van der Waals surface area contributed by atoms with Crippen LogP contribution in [0.5, 0.6) is 0 Å². The molecule has 10 heteroatoms. The smallest absolute Gasteiger partial charge is 0.242 e. The number of sulfone groups is 2. The van der Waals surface area contributed by atoms with E-state index in [1.807, 2.05) is 48.5 Å². The van der Waals surface area contributed by atoms with Crippen LogP contribution in [0.25, 0.3) is 26.4 Å². The van der Waals surface area contributed by atoms with Gasteiger partial charge in [0, 0.05) is 14.1 Å². The highest BCUT2D eigenvalue weighted by atomic mass is 32.2. The van der Waals surface area contributed by atoms with Gasteiger partial charge in [-0.2, -0.15) is 0 Å². The van der Waals surface area contributed by atoms with Gasteiger partial charge < -0.3 is 5.73 Å². The van der Waals surface area contributed by atoms with E-state index in [1.54, 1.807) is 36.4 Å². The first kappa shape index (κ1) is 25.1. The van der Waals surface area contributed by atoms with E-state index in [0.717, 1.165) is 44.2 Å². The normalized spacial score (nSPS) is 12.7. The predicted molar refractivity (Wildman–Crippen MR) is 162 cm³/mol. The maximum Gasteiger partial charge on any atom is 0.242 e. The molecule has 0 aliphatic carbocycles. The molecule has 0 amide bonds. The van der Waals surface area contributed by atoms with Crippen LogP contribution < -0.4 is 5.73 Å². The summed E-state index contributed by atoms with van der Waals surface area (Å²) in [5.41, 5.74) is 5.38. The van der Waals surface area contributed by atoms with Crippen molar-refractivity contribution in [1.29, 1.82) is 0 Å². The van der Waals surface area contributed by atoms with Gasteiger partial charge in [0.2, 0.25) is 24.7 Å². The third-order valence-electron chi connectivity index (χ3n) is 5.99. The van der Waals surface area contributed by atoms with E-state index >= 15 is 0 Å². The lowest BCUT2D eigenvalue weighted by Crippen LogP contribution is -1.99. The fraction of sp³-hybridized carbons (Fsp3) is 0.0333. The standard InChI is InChI=1S/C15H9NO2S2.C15H13NO2S2/c1-16-14-8-9-15(19-14)20(17,18)13-7-6-11-4-2-3-5-12(11)10-13;16-10-13-6-8-15(19-13)20(17,18)14-7-5-11-3-1-2-4-12(11)9-14/h2-10H;1-9H,10,16H2/i;10D2. The van der Waals surface area contributed by atoms with Crippen molar-refractivity contribution in [1.82, 2.24) is 0 Å². The fourth-order valence-corrected chi connectivity index (χ4v) is 9.03. The average Bonchev–Trinajstić information content (AvgIpc) is 3.68. The van der Waals surface area contributed by atoms with Crippen LogP contribution in [-0.2, 0) is 26.2 Å². The molecule has 0 aliphatic heterocycles. The minimum atomic E-state index is -3.67. The number of thiophene rings is 2. The summed E-state index contributed by atoms with van der Waals surface area (Å²) in [6.45, 7) is 4.87. The average molecular weight is 605 g/mol. The number of benzene rings is 4. The van der Waals surface area contributed by atoms with Crippen LogP contribution in [0.3, 0.4) is 0 Å². The number of rotatable bonds is 5. The summed E-state index contributed by atoms with van der Waals surface area (Å²) in [4.78, 5) is 3.89. The molecular formula is C30H22N2O4S4. The number of fused-ring (bicyclic) bond motifs is 2. The molecule has 40 heavy (non-hydrogen) atoms. The lowest BCUT2D eigenvalue weighted by atomic mass is 10.1. The van der Waals surface area contributed by atoms with Gasteiger partial charge in [-0.25, -0.2) is 21.7 Å². The fourth-order valence-electron chi connectivity index (χ4n) is 3.96. The topological polar surface area (TPSA) is 98.7 Å². The first-order chi connectivity index (χ1) is 19.9. The highest BCUT2D eigenvalue weighted by molar-refractivity contribution is 7.94. The van der Waals surface area contributed by atoms with E-state index in [4.69, 9.17) is 15.0 Å². The summed E-state index contributed by atoms with van der Waals surface area (Å²) in [6.07, 6.45) is 0. The number of nitrogens with zero attached hydrogens (tertiary/aromatic N) is 1. The van der Waals surface area contributed by atoms with Crippen LogP contribution in [0.4, 0.5) is 5.00 Å². The lowest BCUT2D eigenvalue weighted by Gasteiger charge is -2.04. The second-order valence-corrected chi connectivity index (χ2v) is 15.0. The van der Waals surface area contributed by atoms with Crippen LogP contribution >= 0.6 is 22.7 Å². The SMILES string of the molecule is [2H]C([2H])(N)c1ccc(S(=O)(=O)c2ccc3ccccc3c2)s1.[C-]#[N+]c1ccc(S(=O)(=O)c2ccc3ccccc3c2)s1. The Bertz CT molecular complexity index is 2190. The molecule has 0 saturated heterocycles. The Hall–Kier alpha value is -3.85. The molecule has 0 spiro atoms. The molecule has 0 fully saturated rings. The number of hydrogen-bond donors (Lipinski definition) is 1. The van der Waals surface area contributed by atoms with Gasteiger partial charge >= 0.3 is 0 Å². The Labute approximate surface area is 243 Å². The van der Waals surface area contributed by atoms with Gasteiger partial charge in [-0.15, -0.1) is 22.7 Å². The van der Waals surface area contributed by atoms with Crippen molar-refractivity contribution in [2.45, 2.75) is 24.7 Å². The van der Waals surface area contributed by atoms with Gasteiger partial charge in [0.25, 0.3) is 0 Å². The predicted octanol–water partition coefficient (Wildman–Crippen LogP) is 7.48. The molecule has 6 rings (SSSR count). The first-order valence-corrected chi connectivity index (χ1v) is 16.3. The summed E-state index contributed by atoms with van der Waals surface area (Å²) >= 11 is 1.86. The Kier molecular flexibility index (Phi) is 7.12. The van der Waals surface area contributed by atoms with Crippen molar-refractivity contribution in [3.05, 3.63) is 125 Å². The van der Waals surface area contributed by atoms with E-state index in [9.17, 15) is 16.8 Å². The maximum absolute atomic E-state index is 12.7. The quantitative estimate of drug-likeness (QED) is 0.206. The highest BCUT2D eigenvalue weighted by Gasteiger charge is 2.21. The summed E-state index contributed by atoms with van der Waals surface area (Å²) in [7, 11) is -7.22. The van der Waals surface area contributed by atoms with Crippen molar-refractivity contribution in [2.75, 3.05) is 0 Å². The van der Waals surface area contributed by atoms with E-state index in [1.165, 1.54) is 24.3 Å². The van der Waals surface area contributed by atoms with Gasteiger partial charge in [-0.3, -0.25) is 0 Å². The molecule has 200 valence electrons. The summed E-state index contributed by atoms with van der Waals surface area (Å²) in [5, 5.41) is 4.07. The third-order valence-corrected chi connectivity index (χ3v) is 12.5. The molecular weight excluding hydrogens is 581 g/mol. The highest BCUT2D eigenvalue weighted by Crippen LogP contribution is 2.33. The Morgan fingerprint density at radius 3 is 1.57 bits per heavy atom. The van der Waals surface area contributed by atoms with Crippen LogP contribution in [0.2, 0.25) is 0 Å². The second kappa shape index (κ2) is 11.3. The maximum atomic E-state index is 12.7. The van der Waals surface area contributed by atoms with E-state index in [0.29, 0.717) is 5.00 Å². The van der Waals surface area contributed by atoms with Crippen LogP contribution in [0.1, 0.15) is 7.62 Å². The molecule has 4 aromatic carbocycles. The second-order valence-electron chi connectivity index (χ2n) is 8.49.